The molecule has 4 N–H and O–H groups in total. The molecule has 1 saturated heterocycles. The Morgan fingerprint density at radius 3 is 3.10 bits per heavy atom. The van der Waals surface area contributed by atoms with Crippen LogP contribution in [0.2, 0.25) is 0 Å². The van der Waals surface area contributed by atoms with E-state index in [0.717, 1.165) is 19.4 Å². The number of aromatic nitrogens is 5. The van der Waals surface area contributed by atoms with Gasteiger partial charge in [-0.3, -0.25) is 10.1 Å². The summed E-state index contributed by atoms with van der Waals surface area (Å²) in [5, 5.41) is 23.8. The molecule has 2 aromatic rings. The van der Waals surface area contributed by atoms with Crippen LogP contribution in [0.3, 0.4) is 0 Å². The van der Waals surface area contributed by atoms with E-state index < -0.39 is 5.60 Å². The van der Waals surface area contributed by atoms with E-state index in [1.165, 1.54) is 0 Å². The first-order chi connectivity index (χ1) is 10.3. The van der Waals surface area contributed by atoms with Gasteiger partial charge >= 0.3 is 0 Å². The maximum atomic E-state index is 10.3. The molecule has 0 unspecified atom stereocenters. The van der Waals surface area contributed by atoms with Crippen molar-refractivity contribution in [3.63, 3.8) is 0 Å². The number of aromatic amines is 1. The highest BCUT2D eigenvalue weighted by Gasteiger charge is 2.28. The lowest BCUT2D eigenvalue weighted by Crippen LogP contribution is -2.51. The van der Waals surface area contributed by atoms with Gasteiger partial charge in [-0.2, -0.15) is 5.10 Å². The number of rotatable bonds is 5. The first kappa shape index (κ1) is 14.1. The second-order valence-electron chi connectivity index (χ2n) is 5.30. The second kappa shape index (κ2) is 6.25. The molecular weight excluding hydrogens is 270 g/mol. The third-order valence-corrected chi connectivity index (χ3v) is 3.52. The smallest absolute Gasteiger partial charge is 0.201 e. The van der Waals surface area contributed by atoms with Gasteiger partial charge in [-0.1, -0.05) is 0 Å². The van der Waals surface area contributed by atoms with Crippen LogP contribution in [0.5, 0.6) is 0 Å². The minimum atomic E-state index is -0.675. The van der Waals surface area contributed by atoms with Crippen molar-refractivity contribution >= 4 is 0 Å². The van der Waals surface area contributed by atoms with Gasteiger partial charge in [0.1, 0.15) is 11.5 Å². The highest BCUT2D eigenvalue weighted by atomic mass is 16.3. The predicted molar refractivity (Wildman–Crippen MR) is 76.2 cm³/mol. The zero-order chi connectivity index (χ0) is 14.5. The topological polar surface area (TPSA) is 112 Å². The van der Waals surface area contributed by atoms with Gasteiger partial charge in [-0.15, -0.1) is 0 Å². The molecule has 0 aromatic carbocycles. The molecule has 0 radical (unpaired) electrons. The Morgan fingerprint density at radius 1 is 1.38 bits per heavy atom. The van der Waals surface area contributed by atoms with Crippen LogP contribution in [0, 0.1) is 0 Å². The first-order valence-corrected chi connectivity index (χ1v) is 7.07. The maximum absolute atomic E-state index is 10.3. The Labute approximate surface area is 122 Å². The van der Waals surface area contributed by atoms with Crippen molar-refractivity contribution < 1.29 is 5.11 Å². The molecule has 2 aromatic heterocycles. The minimum Gasteiger partial charge on any atom is -0.387 e. The van der Waals surface area contributed by atoms with Gasteiger partial charge in [-0.25, -0.2) is 9.97 Å². The molecule has 0 amide bonds. The van der Waals surface area contributed by atoms with Gasteiger partial charge in [0.25, 0.3) is 0 Å². The molecule has 1 aliphatic heterocycles. The van der Waals surface area contributed by atoms with Gasteiger partial charge in [0, 0.05) is 25.5 Å². The fourth-order valence-corrected chi connectivity index (χ4v) is 2.42. The molecule has 0 bridgehead atoms. The van der Waals surface area contributed by atoms with Crippen LogP contribution >= 0.6 is 0 Å². The van der Waals surface area contributed by atoms with Crippen LogP contribution in [0.15, 0.2) is 18.6 Å². The molecule has 3 rings (SSSR count). The number of piperidine rings is 1. The summed E-state index contributed by atoms with van der Waals surface area (Å²) < 4.78 is 0. The van der Waals surface area contributed by atoms with E-state index >= 15 is 0 Å². The van der Waals surface area contributed by atoms with Gasteiger partial charge < -0.3 is 15.7 Å². The Hall–Kier alpha value is -1.90. The van der Waals surface area contributed by atoms with E-state index in [-0.39, 0.29) is 0 Å². The van der Waals surface area contributed by atoms with Crippen molar-refractivity contribution in [2.45, 2.75) is 25.0 Å². The van der Waals surface area contributed by atoms with Crippen LogP contribution in [-0.4, -0.2) is 55.5 Å². The largest absolute Gasteiger partial charge is 0.387 e. The van der Waals surface area contributed by atoms with Crippen LogP contribution in [0.25, 0.3) is 11.5 Å². The maximum Gasteiger partial charge on any atom is 0.201 e. The molecule has 8 heteroatoms. The number of aliphatic hydroxyl groups is 1. The Balaban J connectivity index is 1.53. The number of hydrogen-bond donors (Lipinski definition) is 4. The zero-order valence-corrected chi connectivity index (χ0v) is 11.7. The third kappa shape index (κ3) is 3.60. The van der Waals surface area contributed by atoms with Crippen molar-refractivity contribution in [1.82, 2.24) is 35.8 Å². The summed E-state index contributed by atoms with van der Waals surface area (Å²) in [7, 11) is 0. The summed E-state index contributed by atoms with van der Waals surface area (Å²) in [6.07, 6.45) is 6.65. The molecule has 1 fully saturated rings. The van der Waals surface area contributed by atoms with Gasteiger partial charge in [0.2, 0.25) is 5.82 Å². The Bertz CT molecular complexity index is 565. The van der Waals surface area contributed by atoms with Crippen molar-refractivity contribution in [3.8, 4) is 11.5 Å². The summed E-state index contributed by atoms with van der Waals surface area (Å²) in [6.45, 7) is 2.66. The Morgan fingerprint density at radius 2 is 2.33 bits per heavy atom. The number of nitrogens with one attached hydrogen (secondary N) is 3. The number of nitrogens with zero attached hydrogens (tertiary/aromatic N) is 4. The van der Waals surface area contributed by atoms with Crippen molar-refractivity contribution in [3.05, 3.63) is 24.4 Å². The quantitative estimate of drug-likeness (QED) is 0.585. The molecule has 0 saturated carbocycles. The zero-order valence-electron chi connectivity index (χ0n) is 11.7. The fourth-order valence-electron chi connectivity index (χ4n) is 2.42. The van der Waals surface area contributed by atoms with E-state index in [2.05, 4.69) is 35.8 Å². The number of hydrogen-bond acceptors (Lipinski definition) is 7. The molecular formula is C13H19N7O. The molecule has 112 valence electrons. The first-order valence-electron chi connectivity index (χ1n) is 7.07. The molecule has 1 aliphatic rings. The molecule has 3 heterocycles. The number of β-amino-alcohol motifs (C(OH)–C–C–N with tert-alkyl or cyclic N) is 1. The van der Waals surface area contributed by atoms with Crippen molar-refractivity contribution in [2.75, 3.05) is 19.6 Å². The van der Waals surface area contributed by atoms with Crippen LogP contribution < -0.4 is 10.6 Å². The lowest BCUT2D eigenvalue weighted by molar-refractivity contribution is 0.0168. The average molecular weight is 289 g/mol. The Kier molecular flexibility index (Phi) is 4.18. The minimum absolute atomic E-state index is 0.523. The standard InChI is InChI=1S/C13H19N7O/c21-13(2-1-3-15-8-13)9-16-7-11-18-12(20-19-11)10-6-14-4-5-17-10/h4-6,15-16,21H,1-3,7-9H2,(H,18,19,20)/t13-/m0/s1. The van der Waals surface area contributed by atoms with Gasteiger partial charge in [0.15, 0.2) is 0 Å². The molecule has 0 aliphatic carbocycles. The normalized spacial score (nSPS) is 22.3. The van der Waals surface area contributed by atoms with E-state index in [0.29, 0.717) is 37.0 Å². The van der Waals surface area contributed by atoms with E-state index in [4.69, 9.17) is 0 Å². The summed E-state index contributed by atoms with van der Waals surface area (Å²) in [5.74, 6) is 1.24. The highest BCUT2D eigenvalue weighted by molar-refractivity contribution is 5.45. The summed E-state index contributed by atoms with van der Waals surface area (Å²) >= 11 is 0. The fraction of sp³-hybridized carbons (Fsp3) is 0.538. The summed E-state index contributed by atoms with van der Waals surface area (Å²) in [4.78, 5) is 12.5. The SMILES string of the molecule is O[C@@]1(CNCc2nc(-c3cnccn3)n[nH]2)CCCNC1. The lowest BCUT2D eigenvalue weighted by atomic mass is 9.94. The second-order valence-corrected chi connectivity index (χ2v) is 5.30. The third-order valence-electron chi connectivity index (χ3n) is 3.52. The van der Waals surface area contributed by atoms with E-state index in [1.807, 2.05) is 0 Å². The van der Waals surface area contributed by atoms with Crippen molar-refractivity contribution in [2.24, 2.45) is 0 Å². The van der Waals surface area contributed by atoms with Crippen LogP contribution in [-0.2, 0) is 6.54 Å². The van der Waals surface area contributed by atoms with Crippen LogP contribution in [0.1, 0.15) is 18.7 Å². The van der Waals surface area contributed by atoms with Crippen molar-refractivity contribution in [1.29, 1.82) is 0 Å². The molecule has 8 nitrogen and oxygen atoms in total. The molecule has 1 atom stereocenters. The highest BCUT2D eigenvalue weighted by Crippen LogP contribution is 2.14. The lowest BCUT2D eigenvalue weighted by Gasteiger charge is -2.32. The van der Waals surface area contributed by atoms with Gasteiger partial charge in [0.05, 0.1) is 18.3 Å². The predicted octanol–water partition coefficient (Wildman–Crippen LogP) is -0.534. The number of H-pyrrole nitrogens is 1. The summed E-state index contributed by atoms with van der Waals surface area (Å²) in [6, 6.07) is 0. The van der Waals surface area contributed by atoms with Crippen LogP contribution in [0.4, 0.5) is 0 Å². The molecule has 21 heavy (non-hydrogen) atoms. The summed E-state index contributed by atoms with van der Waals surface area (Å²) in [5.41, 5.74) is -0.0402. The monoisotopic (exact) mass is 289 g/mol. The average Bonchev–Trinajstić information content (AvgIpc) is 2.98. The van der Waals surface area contributed by atoms with E-state index in [9.17, 15) is 5.11 Å². The molecule has 0 spiro atoms. The van der Waals surface area contributed by atoms with Gasteiger partial charge in [-0.05, 0) is 19.4 Å². The van der Waals surface area contributed by atoms with E-state index in [1.54, 1.807) is 18.6 Å².